The normalized spacial score (nSPS) is 11.2. The van der Waals surface area contributed by atoms with Crippen molar-refractivity contribution in [1.29, 1.82) is 0 Å². The number of rotatable bonds is 7. The van der Waals surface area contributed by atoms with Crippen LogP contribution >= 0.6 is 23.4 Å². The van der Waals surface area contributed by atoms with E-state index in [1.54, 1.807) is 26.0 Å². The molecule has 0 heterocycles. The fourth-order valence-electron chi connectivity index (χ4n) is 2.08. The zero-order valence-corrected chi connectivity index (χ0v) is 15.7. The van der Waals surface area contributed by atoms with Gasteiger partial charge in [-0.25, -0.2) is 0 Å². The lowest BCUT2D eigenvalue weighted by atomic mass is 10.1. The molecular weight excluding hydrogens is 356 g/mol. The van der Waals surface area contributed by atoms with E-state index in [1.807, 2.05) is 36.4 Å². The Hall–Kier alpha value is -2.09. The summed E-state index contributed by atoms with van der Waals surface area (Å²) in [6.07, 6.45) is 0. The van der Waals surface area contributed by atoms with E-state index in [1.165, 1.54) is 11.8 Å². The van der Waals surface area contributed by atoms with Crippen LogP contribution in [0.5, 0.6) is 5.75 Å². The van der Waals surface area contributed by atoms with Crippen molar-refractivity contribution >= 4 is 29.3 Å². The molecule has 0 N–H and O–H groups in total. The summed E-state index contributed by atoms with van der Waals surface area (Å²) in [7, 11) is 0. The monoisotopic (exact) mass is 374 g/mol. The summed E-state index contributed by atoms with van der Waals surface area (Å²) < 4.78 is 10.7. The highest BCUT2D eigenvalue weighted by molar-refractivity contribution is 8.00. The molecule has 0 saturated carbocycles. The first-order chi connectivity index (χ1) is 12.1. The molecule has 0 fully saturated rings. The number of hydrogen-bond acceptors (Lipinski definition) is 4. The number of hydrogen-bond donors (Lipinski definition) is 0. The Labute approximate surface area is 157 Å². The molecule has 0 bridgehead atoms. The minimum atomic E-state index is -0.476. The quantitative estimate of drug-likeness (QED) is 0.382. The molecule has 0 spiro atoms. The second-order valence-corrected chi connectivity index (χ2v) is 6.61. The minimum absolute atomic E-state index is 0.284. The number of halogens is 1. The van der Waals surface area contributed by atoms with Gasteiger partial charge in [-0.2, -0.15) is 0 Å². The number of benzene rings is 2. The van der Waals surface area contributed by atoms with Crippen LogP contribution in [0.4, 0.5) is 0 Å². The topological polar surface area (TPSA) is 35.5 Å². The fourth-order valence-corrected chi connectivity index (χ4v) is 3.29. The molecule has 5 heteroatoms. The summed E-state index contributed by atoms with van der Waals surface area (Å²) in [6, 6.07) is 14.8. The zero-order valence-electron chi connectivity index (χ0n) is 14.1. The van der Waals surface area contributed by atoms with Crippen molar-refractivity contribution < 1.29 is 14.3 Å². The van der Waals surface area contributed by atoms with Crippen LogP contribution in [-0.2, 0) is 9.53 Å². The Bertz CT molecular complexity index is 763. The van der Waals surface area contributed by atoms with Crippen molar-refractivity contribution in [2.75, 3.05) is 13.2 Å². The second kappa shape index (κ2) is 10.0. The van der Waals surface area contributed by atoms with Crippen molar-refractivity contribution in [3.05, 3.63) is 59.1 Å². The lowest BCUT2D eigenvalue weighted by Gasteiger charge is -2.16. The minimum Gasteiger partial charge on any atom is -0.481 e. The van der Waals surface area contributed by atoms with Gasteiger partial charge < -0.3 is 9.47 Å². The Kier molecular flexibility index (Phi) is 7.72. The van der Waals surface area contributed by atoms with Gasteiger partial charge in [0.15, 0.2) is 0 Å². The molecule has 0 aliphatic heterocycles. The van der Waals surface area contributed by atoms with Crippen LogP contribution in [0.15, 0.2) is 53.4 Å². The lowest BCUT2D eigenvalue weighted by Crippen LogP contribution is -2.13. The Balaban J connectivity index is 2.15. The van der Waals surface area contributed by atoms with Crippen LogP contribution in [0, 0.1) is 11.8 Å². The van der Waals surface area contributed by atoms with Crippen LogP contribution in [0.1, 0.15) is 24.7 Å². The van der Waals surface area contributed by atoms with Crippen molar-refractivity contribution in [2.24, 2.45) is 0 Å². The summed E-state index contributed by atoms with van der Waals surface area (Å²) in [5.41, 5.74) is 0.814. The van der Waals surface area contributed by atoms with Gasteiger partial charge in [0.1, 0.15) is 17.6 Å². The Morgan fingerprint density at radius 3 is 2.64 bits per heavy atom. The Morgan fingerprint density at radius 1 is 1.24 bits per heavy atom. The zero-order chi connectivity index (χ0) is 18.1. The summed E-state index contributed by atoms with van der Waals surface area (Å²) in [4.78, 5) is 13.3. The standard InChI is InChI=1S/C20H19ClO3S/c1-3-5-13-24-17-9-11-18(12-10-17)25-19(20(22)23-4-2)15-7-6-8-16(21)14-15/h6-12,14,19H,4,13H2,1-2H3. The van der Waals surface area contributed by atoms with Gasteiger partial charge in [-0.15, -0.1) is 17.7 Å². The third-order valence-electron chi connectivity index (χ3n) is 3.22. The molecule has 3 nitrogen and oxygen atoms in total. The van der Waals surface area contributed by atoms with Gasteiger partial charge >= 0.3 is 5.97 Å². The van der Waals surface area contributed by atoms with E-state index in [0.29, 0.717) is 18.2 Å². The van der Waals surface area contributed by atoms with Crippen LogP contribution < -0.4 is 4.74 Å². The van der Waals surface area contributed by atoms with Gasteiger partial charge in [-0.3, -0.25) is 4.79 Å². The molecule has 25 heavy (non-hydrogen) atoms. The van der Waals surface area contributed by atoms with Crippen LogP contribution in [0.2, 0.25) is 5.02 Å². The van der Waals surface area contributed by atoms with Crippen LogP contribution in [-0.4, -0.2) is 19.2 Å². The molecule has 130 valence electrons. The van der Waals surface area contributed by atoms with E-state index in [4.69, 9.17) is 21.1 Å². The third kappa shape index (κ3) is 6.04. The fraction of sp³-hybridized carbons (Fsp3) is 0.250. The van der Waals surface area contributed by atoms with Crippen LogP contribution in [0.3, 0.4) is 0 Å². The van der Waals surface area contributed by atoms with Crippen molar-refractivity contribution in [2.45, 2.75) is 24.0 Å². The number of carbonyl (C=O) groups excluding carboxylic acids is 1. The van der Waals surface area contributed by atoms with Gasteiger partial charge in [0.2, 0.25) is 0 Å². The summed E-state index contributed by atoms with van der Waals surface area (Å²) >= 11 is 7.48. The van der Waals surface area contributed by atoms with E-state index in [2.05, 4.69) is 11.8 Å². The number of carbonyl (C=O) groups is 1. The molecule has 0 aliphatic carbocycles. The highest BCUT2D eigenvalue weighted by Crippen LogP contribution is 2.37. The molecule has 0 amide bonds. The molecule has 1 unspecified atom stereocenters. The Morgan fingerprint density at radius 2 is 2.00 bits per heavy atom. The predicted molar refractivity (Wildman–Crippen MR) is 102 cm³/mol. The number of thioether (sulfide) groups is 1. The number of esters is 1. The molecule has 0 aromatic heterocycles. The van der Waals surface area contributed by atoms with E-state index in [9.17, 15) is 4.79 Å². The molecule has 0 saturated heterocycles. The maximum absolute atomic E-state index is 12.4. The van der Waals surface area contributed by atoms with Crippen molar-refractivity contribution in [3.8, 4) is 17.6 Å². The highest BCUT2D eigenvalue weighted by atomic mass is 35.5. The summed E-state index contributed by atoms with van der Waals surface area (Å²) in [5, 5.41) is 0.115. The molecule has 2 aromatic rings. The molecule has 0 radical (unpaired) electrons. The molecular formula is C20H19ClO3S. The second-order valence-electron chi connectivity index (χ2n) is 4.99. The van der Waals surface area contributed by atoms with Gasteiger partial charge in [0.25, 0.3) is 0 Å². The summed E-state index contributed by atoms with van der Waals surface area (Å²) in [5.74, 6) is 6.08. The highest BCUT2D eigenvalue weighted by Gasteiger charge is 2.23. The first-order valence-corrected chi connectivity index (χ1v) is 9.11. The first kappa shape index (κ1) is 19.2. The van der Waals surface area contributed by atoms with Crippen molar-refractivity contribution in [3.63, 3.8) is 0 Å². The predicted octanol–water partition coefficient (Wildman–Crippen LogP) is 5.14. The van der Waals surface area contributed by atoms with Gasteiger partial charge in [0.05, 0.1) is 6.61 Å². The van der Waals surface area contributed by atoms with E-state index in [-0.39, 0.29) is 5.97 Å². The average Bonchev–Trinajstić information content (AvgIpc) is 2.61. The maximum Gasteiger partial charge on any atom is 0.323 e. The SMILES string of the molecule is CC#CCOc1ccc(SC(C(=O)OCC)c2cccc(Cl)c2)cc1. The van der Waals surface area contributed by atoms with Crippen LogP contribution in [0.25, 0.3) is 0 Å². The van der Waals surface area contributed by atoms with Crippen molar-refractivity contribution in [1.82, 2.24) is 0 Å². The molecule has 0 aliphatic rings. The first-order valence-electron chi connectivity index (χ1n) is 7.85. The molecule has 2 aromatic carbocycles. The van der Waals surface area contributed by atoms with E-state index < -0.39 is 5.25 Å². The van der Waals surface area contributed by atoms with Gasteiger partial charge in [-0.1, -0.05) is 29.7 Å². The van der Waals surface area contributed by atoms with Gasteiger partial charge in [0, 0.05) is 9.92 Å². The molecule has 1 atom stereocenters. The molecule has 2 rings (SSSR count). The lowest BCUT2D eigenvalue weighted by molar-refractivity contribution is -0.142. The van der Waals surface area contributed by atoms with E-state index >= 15 is 0 Å². The third-order valence-corrected chi connectivity index (χ3v) is 4.70. The van der Waals surface area contributed by atoms with Gasteiger partial charge in [-0.05, 0) is 55.8 Å². The van der Waals surface area contributed by atoms with E-state index in [0.717, 1.165) is 16.2 Å². The number of ether oxygens (including phenoxy) is 2. The average molecular weight is 375 g/mol. The maximum atomic E-state index is 12.4. The smallest absolute Gasteiger partial charge is 0.323 e. The summed E-state index contributed by atoms with van der Waals surface area (Å²) in [6.45, 7) is 4.26. The largest absolute Gasteiger partial charge is 0.481 e.